The number of H-pyrrole nitrogens is 1. The number of aliphatic hydroxyl groups is 1. The smallest absolute Gasteiger partial charge is 0.183 e. The van der Waals surface area contributed by atoms with Crippen LogP contribution in [0, 0.1) is 5.82 Å². The van der Waals surface area contributed by atoms with E-state index in [1.54, 1.807) is 18.5 Å². The lowest BCUT2D eigenvalue weighted by molar-refractivity contribution is 0.162. The number of hydrogen-bond acceptors (Lipinski definition) is 6. The molecule has 1 aliphatic rings. The second-order valence-electron chi connectivity index (χ2n) is 7.48. The van der Waals surface area contributed by atoms with Gasteiger partial charge in [-0.2, -0.15) is 0 Å². The van der Waals surface area contributed by atoms with Gasteiger partial charge >= 0.3 is 0 Å². The first kappa shape index (κ1) is 19.0. The lowest BCUT2D eigenvalue weighted by atomic mass is 9.80. The maximum Gasteiger partial charge on any atom is 0.183 e. The van der Waals surface area contributed by atoms with E-state index in [2.05, 4.69) is 37.5 Å². The molecule has 2 atom stereocenters. The molecule has 0 radical (unpaired) electrons. The van der Waals surface area contributed by atoms with E-state index in [0.29, 0.717) is 22.1 Å². The fourth-order valence-corrected chi connectivity index (χ4v) is 4.07. The number of nitrogens with one attached hydrogen (secondary N) is 3. The average molecular weight is 405 g/mol. The molecule has 1 fully saturated rings. The molecule has 1 saturated carbocycles. The Labute approximate surface area is 166 Å². The van der Waals surface area contributed by atoms with Crippen molar-refractivity contribution < 1.29 is 9.50 Å². The van der Waals surface area contributed by atoms with Crippen LogP contribution in [0.3, 0.4) is 0 Å². The van der Waals surface area contributed by atoms with Crippen molar-refractivity contribution in [3.63, 3.8) is 0 Å². The molecule has 3 aromatic rings. The van der Waals surface area contributed by atoms with Crippen molar-refractivity contribution in [1.29, 1.82) is 0 Å². The molecule has 3 heterocycles. The number of nitrogens with zero attached hydrogens (tertiary/aromatic N) is 3. The Kier molecular flexibility index (Phi) is 5.18. The number of aliphatic hydroxyl groups excluding tert-OH is 1. The molecule has 28 heavy (non-hydrogen) atoms. The maximum atomic E-state index is 14.4. The van der Waals surface area contributed by atoms with Crippen LogP contribution in [0.15, 0.2) is 24.7 Å². The first-order chi connectivity index (χ1) is 13.5. The highest BCUT2D eigenvalue weighted by atomic mass is 35.5. The molecule has 9 heteroatoms. The molecule has 0 bridgehead atoms. The fraction of sp³-hybridized carbons (Fsp3) is 0.421. The van der Waals surface area contributed by atoms with Gasteiger partial charge in [-0.25, -0.2) is 19.3 Å². The molecule has 0 aliphatic heterocycles. The predicted octanol–water partition coefficient (Wildman–Crippen LogP) is 3.47. The highest BCUT2D eigenvalue weighted by Crippen LogP contribution is 2.31. The van der Waals surface area contributed by atoms with Crippen LogP contribution in [-0.4, -0.2) is 43.4 Å². The van der Waals surface area contributed by atoms with Crippen molar-refractivity contribution in [2.75, 3.05) is 12.0 Å². The van der Waals surface area contributed by atoms with E-state index >= 15 is 0 Å². The second-order valence-corrected chi connectivity index (χ2v) is 7.91. The Morgan fingerprint density at radius 1 is 1.39 bits per heavy atom. The first-order valence-corrected chi connectivity index (χ1v) is 9.63. The highest BCUT2D eigenvalue weighted by Gasteiger charge is 2.32. The molecule has 4 N–H and O–H groups in total. The molecule has 4 rings (SSSR count). The Balaban J connectivity index is 1.61. The standard InChI is InChI=1S/C19H22ClFN6O/c1-19(25-10-28)4-2-3-12(6-19)26-18-15(21)9-24-17(27-18)14-8-23-16-13(14)5-11(20)7-22-16/h5,7-9,12,25,28H,2-4,6,10H2,1H3,(H,22,23)(H,24,26,27)/t12-,19+/m0/s1. The van der Waals surface area contributed by atoms with Gasteiger partial charge in [-0.1, -0.05) is 11.6 Å². The Bertz CT molecular complexity index is 992. The summed E-state index contributed by atoms with van der Waals surface area (Å²) in [6.07, 6.45) is 8.10. The minimum atomic E-state index is -0.498. The zero-order valence-electron chi connectivity index (χ0n) is 15.5. The average Bonchev–Trinajstić information content (AvgIpc) is 3.06. The van der Waals surface area contributed by atoms with Gasteiger partial charge in [0.25, 0.3) is 0 Å². The van der Waals surface area contributed by atoms with Gasteiger partial charge in [0.15, 0.2) is 17.5 Å². The van der Waals surface area contributed by atoms with Crippen LogP contribution in [0.25, 0.3) is 22.4 Å². The third-order valence-corrected chi connectivity index (χ3v) is 5.51. The van der Waals surface area contributed by atoms with Crippen molar-refractivity contribution in [2.24, 2.45) is 0 Å². The Morgan fingerprint density at radius 3 is 3.07 bits per heavy atom. The predicted molar refractivity (Wildman–Crippen MR) is 107 cm³/mol. The van der Waals surface area contributed by atoms with Gasteiger partial charge in [0.05, 0.1) is 18.0 Å². The number of hydrogen-bond donors (Lipinski definition) is 4. The molecule has 7 nitrogen and oxygen atoms in total. The van der Waals surface area contributed by atoms with Crippen LogP contribution in [0.2, 0.25) is 5.02 Å². The number of pyridine rings is 1. The zero-order chi connectivity index (χ0) is 19.7. The SMILES string of the molecule is C[C@@]1(NCO)CCC[C@H](Nc2nc(-c3c[nH]c4ncc(Cl)cc34)ncc2F)C1. The van der Waals surface area contributed by atoms with E-state index in [1.807, 2.05) is 0 Å². The second kappa shape index (κ2) is 7.62. The first-order valence-electron chi connectivity index (χ1n) is 9.25. The lowest BCUT2D eigenvalue weighted by Gasteiger charge is -2.39. The molecule has 0 saturated heterocycles. The minimum Gasteiger partial charge on any atom is -0.381 e. The van der Waals surface area contributed by atoms with E-state index in [0.717, 1.165) is 31.1 Å². The highest BCUT2D eigenvalue weighted by molar-refractivity contribution is 6.31. The number of aromatic amines is 1. The Hall–Kier alpha value is -2.29. The van der Waals surface area contributed by atoms with Crippen molar-refractivity contribution in [1.82, 2.24) is 25.3 Å². The van der Waals surface area contributed by atoms with Gasteiger partial charge in [0.1, 0.15) is 5.65 Å². The van der Waals surface area contributed by atoms with Gasteiger partial charge in [-0.15, -0.1) is 0 Å². The number of anilines is 1. The van der Waals surface area contributed by atoms with Gasteiger partial charge in [-0.3, -0.25) is 5.32 Å². The third kappa shape index (κ3) is 3.80. The van der Waals surface area contributed by atoms with Gasteiger partial charge in [0.2, 0.25) is 0 Å². The third-order valence-electron chi connectivity index (χ3n) is 5.31. The summed E-state index contributed by atoms with van der Waals surface area (Å²) in [6.45, 7) is 1.99. The van der Waals surface area contributed by atoms with Gasteiger partial charge in [0, 0.05) is 34.9 Å². The summed E-state index contributed by atoms with van der Waals surface area (Å²) in [7, 11) is 0. The van der Waals surface area contributed by atoms with Crippen LogP contribution in [0.5, 0.6) is 0 Å². The molecular weight excluding hydrogens is 383 g/mol. The summed E-state index contributed by atoms with van der Waals surface area (Å²) in [5.41, 5.74) is 1.19. The normalized spacial score (nSPS) is 22.5. The molecular formula is C19H22ClFN6O. The molecule has 0 aromatic carbocycles. The zero-order valence-corrected chi connectivity index (χ0v) is 16.2. The van der Waals surface area contributed by atoms with Crippen molar-refractivity contribution in [3.05, 3.63) is 35.5 Å². The molecule has 3 aromatic heterocycles. The van der Waals surface area contributed by atoms with Crippen LogP contribution < -0.4 is 10.6 Å². The summed E-state index contributed by atoms with van der Waals surface area (Å²) in [6, 6.07) is 1.83. The van der Waals surface area contributed by atoms with Crippen molar-refractivity contribution in [3.8, 4) is 11.4 Å². The summed E-state index contributed by atoms with van der Waals surface area (Å²) >= 11 is 6.06. The molecule has 0 spiro atoms. The van der Waals surface area contributed by atoms with E-state index in [9.17, 15) is 9.50 Å². The van der Waals surface area contributed by atoms with E-state index in [1.165, 1.54) is 6.20 Å². The monoisotopic (exact) mass is 404 g/mol. The van der Waals surface area contributed by atoms with E-state index < -0.39 is 5.82 Å². The van der Waals surface area contributed by atoms with Crippen LogP contribution in [-0.2, 0) is 0 Å². The number of rotatable bonds is 5. The van der Waals surface area contributed by atoms with Crippen molar-refractivity contribution >= 4 is 28.5 Å². The van der Waals surface area contributed by atoms with Crippen molar-refractivity contribution in [2.45, 2.75) is 44.2 Å². The minimum absolute atomic E-state index is 0.0501. The van der Waals surface area contributed by atoms with Crippen LogP contribution in [0.4, 0.5) is 10.2 Å². The summed E-state index contributed by atoms with van der Waals surface area (Å²) in [5.74, 6) is 0.0704. The lowest BCUT2D eigenvalue weighted by Crippen LogP contribution is -2.49. The summed E-state index contributed by atoms with van der Waals surface area (Å²) in [4.78, 5) is 15.9. The summed E-state index contributed by atoms with van der Waals surface area (Å²) in [5, 5.41) is 16.8. The Morgan fingerprint density at radius 2 is 2.25 bits per heavy atom. The number of halogens is 2. The van der Waals surface area contributed by atoms with E-state index in [-0.39, 0.29) is 24.1 Å². The number of aromatic nitrogens is 4. The van der Waals surface area contributed by atoms with Crippen LogP contribution >= 0.6 is 11.6 Å². The van der Waals surface area contributed by atoms with E-state index in [4.69, 9.17) is 11.6 Å². The van der Waals surface area contributed by atoms with Crippen LogP contribution in [0.1, 0.15) is 32.6 Å². The topological polar surface area (TPSA) is 98.8 Å². The quantitative estimate of drug-likeness (QED) is 0.486. The number of fused-ring (bicyclic) bond motifs is 1. The van der Waals surface area contributed by atoms with Gasteiger partial charge in [-0.05, 0) is 38.7 Å². The summed E-state index contributed by atoms with van der Waals surface area (Å²) < 4.78 is 14.4. The molecule has 1 aliphatic carbocycles. The largest absolute Gasteiger partial charge is 0.381 e. The molecule has 0 amide bonds. The maximum absolute atomic E-state index is 14.4. The molecule has 0 unspecified atom stereocenters. The van der Waals surface area contributed by atoms with Gasteiger partial charge < -0.3 is 15.4 Å². The fourth-order valence-electron chi connectivity index (χ4n) is 3.92. The molecule has 148 valence electrons.